The number of benzene rings is 1. The van der Waals surface area contributed by atoms with E-state index < -0.39 is 0 Å². The second-order valence-electron chi connectivity index (χ2n) is 6.65. The number of ether oxygens (including phenoxy) is 2. The second-order valence-corrected chi connectivity index (χ2v) is 8.17. The summed E-state index contributed by atoms with van der Waals surface area (Å²) in [6.07, 6.45) is 6.62. The Labute approximate surface area is 175 Å². The number of thiocarbonyl (C=S) groups is 1. The number of fused-ring (bicyclic) bond motifs is 1. The van der Waals surface area contributed by atoms with E-state index in [9.17, 15) is 4.79 Å². The van der Waals surface area contributed by atoms with Crippen molar-refractivity contribution in [2.45, 2.75) is 45.4 Å². The molecule has 0 spiro atoms. The molecule has 0 radical (unpaired) electrons. The second kappa shape index (κ2) is 9.89. The van der Waals surface area contributed by atoms with Gasteiger partial charge in [-0.2, -0.15) is 0 Å². The summed E-state index contributed by atoms with van der Waals surface area (Å²) in [5.41, 5.74) is 2.61. The van der Waals surface area contributed by atoms with Crippen LogP contribution in [0.4, 0.5) is 10.7 Å². The van der Waals surface area contributed by atoms with Crippen molar-refractivity contribution in [2.75, 3.05) is 24.4 Å². The normalized spacial score (nSPS) is 13.6. The fourth-order valence-electron chi connectivity index (χ4n) is 3.39. The molecule has 2 N–H and O–H groups in total. The number of rotatable bonds is 5. The van der Waals surface area contributed by atoms with Crippen LogP contribution in [0.25, 0.3) is 0 Å². The van der Waals surface area contributed by atoms with Crippen LogP contribution in [0.15, 0.2) is 24.3 Å². The maximum atomic E-state index is 12.7. The lowest BCUT2D eigenvalue weighted by atomic mass is 9.96. The van der Waals surface area contributed by atoms with Crippen molar-refractivity contribution in [3.8, 4) is 5.75 Å². The van der Waals surface area contributed by atoms with Crippen LogP contribution in [0, 0.1) is 0 Å². The van der Waals surface area contributed by atoms with E-state index in [1.807, 2.05) is 31.2 Å². The lowest BCUT2D eigenvalue weighted by Gasteiger charge is -2.13. The first-order valence-electron chi connectivity index (χ1n) is 9.66. The molecule has 0 atom stereocenters. The van der Waals surface area contributed by atoms with Crippen molar-refractivity contribution < 1.29 is 14.3 Å². The average Bonchev–Trinajstić information content (AvgIpc) is 2.98. The average molecular weight is 419 g/mol. The van der Waals surface area contributed by atoms with Crippen molar-refractivity contribution in [1.82, 2.24) is 0 Å². The van der Waals surface area contributed by atoms with Gasteiger partial charge in [0.2, 0.25) is 0 Å². The number of thiophene rings is 1. The quantitative estimate of drug-likeness (QED) is 0.501. The van der Waals surface area contributed by atoms with Gasteiger partial charge in [-0.25, -0.2) is 4.79 Å². The topological polar surface area (TPSA) is 59.6 Å². The number of nitrogens with one attached hydrogen (secondary N) is 2. The number of hydrogen-bond acceptors (Lipinski definition) is 5. The molecule has 0 aliphatic heterocycles. The van der Waals surface area contributed by atoms with Crippen LogP contribution in [0.2, 0.25) is 0 Å². The number of aryl methyl sites for hydroxylation is 1. The molecule has 150 valence electrons. The van der Waals surface area contributed by atoms with Crippen LogP contribution < -0.4 is 15.4 Å². The fraction of sp³-hybridized carbons (Fsp3) is 0.429. The molecule has 28 heavy (non-hydrogen) atoms. The monoisotopic (exact) mass is 418 g/mol. The van der Waals surface area contributed by atoms with Crippen LogP contribution in [0.1, 0.15) is 53.4 Å². The van der Waals surface area contributed by atoms with Crippen LogP contribution in [-0.2, 0) is 17.6 Å². The Morgan fingerprint density at radius 3 is 2.71 bits per heavy atom. The maximum Gasteiger partial charge on any atom is 0.341 e. The van der Waals surface area contributed by atoms with Gasteiger partial charge in [0, 0.05) is 16.6 Å². The zero-order chi connectivity index (χ0) is 19.9. The SMILES string of the molecule is CCOC(=O)c1c(NC(=S)Nc2cccc(OC)c2)sc2c1CCCCCC2. The highest BCUT2D eigenvalue weighted by Crippen LogP contribution is 2.37. The maximum absolute atomic E-state index is 12.7. The molecule has 1 heterocycles. The van der Waals surface area contributed by atoms with Gasteiger partial charge in [0.05, 0.1) is 19.3 Å². The van der Waals surface area contributed by atoms with E-state index in [2.05, 4.69) is 10.6 Å². The van der Waals surface area contributed by atoms with Gasteiger partial charge in [0.15, 0.2) is 5.11 Å². The summed E-state index contributed by atoms with van der Waals surface area (Å²) in [6.45, 7) is 2.19. The van der Waals surface area contributed by atoms with E-state index >= 15 is 0 Å². The van der Waals surface area contributed by atoms with Crippen molar-refractivity contribution in [3.05, 3.63) is 40.3 Å². The van der Waals surface area contributed by atoms with Crippen LogP contribution in [0.5, 0.6) is 5.75 Å². The van der Waals surface area contributed by atoms with E-state index in [1.165, 1.54) is 17.7 Å². The smallest absolute Gasteiger partial charge is 0.341 e. The standard InChI is InChI=1S/C21H26N2O3S2/c1-3-26-20(24)18-16-11-6-4-5-7-12-17(16)28-19(18)23-21(27)22-14-9-8-10-15(13-14)25-2/h8-10,13H,3-7,11-12H2,1-2H3,(H2,22,23,27). The van der Waals surface area contributed by atoms with Crippen LogP contribution >= 0.6 is 23.6 Å². The lowest BCUT2D eigenvalue weighted by Crippen LogP contribution is -2.20. The Kier molecular flexibility index (Phi) is 7.28. The Morgan fingerprint density at radius 1 is 1.18 bits per heavy atom. The molecule has 0 saturated carbocycles. The molecule has 0 fully saturated rings. The Morgan fingerprint density at radius 2 is 1.96 bits per heavy atom. The summed E-state index contributed by atoms with van der Waals surface area (Å²) in [7, 11) is 1.63. The first kappa shape index (κ1) is 20.6. The Balaban J connectivity index is 1.84. The van der Waals surface area contributed by atoms with Crippen molar-refractivity contribution in [1.29, 1.82) is 0 Å². The lowest BCUT2D eigenvalue weighted by molar-refractivity contribution is 0.0526. The van der Waals surface area contributed by atoms with E-state index in [0.29, 0.717) is 17.3 Å². The number of esters is 1. The fourth-order valence-corrected chi connectivity index (χ4v) is 4.96. The van der Waals surface area contributed by atoms with Gasteiger partial charge in [0.1, 0.15) is 10.8 Å². The third-order valence-corrected chi connectivity index (χ3v) is 6.12. The molecule has 5 nitrogen and oxygen atoms in total. The number of hydrogen-bond donors (Lipinski definition) is 2. The van der Waals surface area contributed by atoms with Crippen molar-refractivity contribution in [2.24, 2.45) is 0 Å². The first-order chi connectivity index (χ1) is 13.6. The molecule has 1 aromatic carbocycles. The van der Waals surface area contributed by atoms with Crippen LogP contribution in [0.3, 0.4) is 0 Å². The number of anilines is 2. The zero-order valence-electron chi connectivity index (χ0n) is 16.3. The minimum atomic E-state index is -0.271. The van der Waals surface area contributed by atoms with Gasteiger partial charge >= 0.3 is 5.97 Å². The molecule has 7 heteroatoms. The van der Waals surface area contributed by atoms with Crippen LogP contribution in [-0.4, -0.2) is 24.8 Å². The minimum absolute atomic E-state index is 0.271. The Bertz CT molecular complexity index is 848. The molecular formula is C21H26N2O3S2. The summed E-state index contributed by atoms with van der Waals surface area (Å²) >= 11 is 7.12. The van der Waals surface area contributed by atoms with E-state index in [1.54, 1.807) is 18.4 Å². The third kappa shape index (κ3) is 5.02. The summed E-state index contributed by atoms with van der Waals surface area (Å²) in [5, 5.41) is 7.60. The Hall–Kier alpha value is -2.12. The zero-order valence-corrected chi connectivity index (χ0v) is 17.9. The summed E-state index contributed by atoms with van der Waals surface area (Å²) < 4.78 is 10.6. The predicted octanol–water partition coefficient (Wildman–Crippen LogP) is 5.40. The molecule has 3 rings (SSSR count). The van der Waals surface area contributed by atoms with E-state index in [-0.39, 0.29) is 5.97 Å². The van der Waals surface area contributed by atoms with Gasteiger partial charge in [-0.3, -0.25) is 0 Å². The van der Waals surface area contributed by atoms with Crippen molar-refractivity contribution in [3.63, 3.8) is 0 Å². The molecule has 0 amide bonds. The summed E-state index contributed by atoms with van der Waals surface area (Å²) in [5.74, 6) is 0.478. The van der Waals surface area contributed by atoms with Gasteiger partial charge < -0.3 is 20.1 Å². The highest BCUT2D eigenvalue weighted by Gasteiger charge is 2.25. The minimum Gasteiger partial charge on any atom is -0.497 e. The molecule has 1 aliphatic rings. The summed E-state index contributed by atoms with van der Waals surface area (Å²) in [6, 6.07) is 7.55. The molecule has 0 unspecified atom stereocenters. The summed E-state index contributed by atoms with van der Waals surface area (Å²) in [4.78, 5) is 14.0. The van der Waals surface area contributed by atoms with E-state index in [4.69, 9.17) is 21.7 Å². The predicted molar refractivity (Wildman–Crippen MR) is 119 cm³/mol. The van der Waals surface area contributed by atoms with Gasteiger partial charge in [0.25, 0.3) is 0 Å². The van der Waals surface area contributed by atoms with Crippen molar-refractivity contribution >= 4 is 45.3 Å². The van der Waals surface area contributed by atoms with Gasteiger partial charge in [-0.05, 0) is 62.5 Å². The van der Waals surface area contributed by atoms with E-state index in [0.717, 1.165) is 47.7 Å². The van der Waals surface area contributed by atoms with Gasteiger partial charge in [-0.15, -0.1) is 11.3 Å². The molecular weight excluding hydrogens is 392 g/mol. The first-order valence-corrected chi connectivity index (χ1v) is 10.9. The van der Waals surface area contributed by atoms with Gasteiger partial charge in [-0.1, -0.05) is 18.9 Å². The number of methoxy groups -OCH3 is 1. The molecule has 1 aromatic heterocycles. The molecule has 0 bridgehead atoms. The number of carbonyl (C=O) groups is 1. The largest absolute Gasteiger partial charge is 0.497 e. The molecule has 1 aliphatic carbocycles. The molecule has 0 saturated heterocycles. The highest BCUT2D eigenvalue weighted by atomic mass is 32.1. The highest BCUT2D eigenvalue weighted by molar-refractivity contribution is 7.80. The third-order valence-electron chi connectivity index (χ3n) is 4.71. The number of carbonyl (C=O) groups excluding carboxylic acids is 1. The molecule has 2 aromatic rings.